The number of benzene rings is 3. The van der Waals surface area contributed by atoms with Crippen LogP contribution < -0.4 is 14.5 Å². The maximum Gasteiger partial charge on any atom is 0.414 e. The lowest BCUT2D eigenvalue weighted by molar-refractivity contribution is -0.129. The third kappa shape index (κ3) is 7.03. The molecule has 3 heterocycles. The molecule has 0 bridgehead atoms. The number of carbonyl (C=O) groups excluding carboxylic acids is 2. The molecule has 0 saturated heterocycles. The molecule has 2 aliphatic heterocycles. The minimum absolute atomic E-state index is 0.0526. The number of ether oxygens (including phenoxy) is 2. The van der Waals surface area contributed by atoms with E-state index in [1.54, 1.807) is 26.5 Å². The smallest absolute Gasteiger partial charge is 0.414 e. The van der Waals surface area contributed by atoms with Gasteiger partial charge in [0.1, 0.15) is 19.0 Å². The Labute approximate surface area is 280 Å². The zero-order valence-corrected chi connectivity index (χ0v) is 27.5. The molecule has 48 heavy (non-hydrogen) atoms. The topological polar surface area (TPSA) is 115 Å². The molecule has 11 nitrogen and oxygen atoms in total. The van der Waals surface area contributed by atoms with Crippen LogP contribution in [-0.2, 0) is 29.1 Å². The molecule has 0 aliphatic carbocycles. The fourth-order valence-electron chi connectivity index (χ4n) is 6.20. The van der Waals surface area contributed by atoms with E-state index in [-0.39, 0.29) is 38.0 Å². The Hall–Kier alpha value is -5.63. The van der Waals surface area contributed by atoms with Gasteiger partial charge in [-0.2, -0.15) is 15.2 Å². The number of carbonyl (C=O) groups is 2. The van der Waals surface area contributed by atoms with Gasteiger partial charge in [0.15, 0.2) is 0 Å². The average molecular weight is 646 g/mol. The van der Waals surface area contributed by atoms with Crippen molar-refractivity contribution in [3.63, 3.8) is 0 Å². The Morgan fingerprint density at radius 3 is 2.58 bits per heavy atom. The maximum absolute atomic E-state index is 13.1. The zero-order chi connectivity index (χ0) is 33.6. The summed E-state index contributed by atoms with van der Waals surface area (Å²) in [6.07, 6.45) is 3.91. The third-order valence-corrected chi connectivity index (χ3v) is 8.72. The van der Waals surface area contributed by atoms with Gasteiger partial charge in [0.05, 0.1) is 37.2 Å². The van der Waals surface area contributed by atoms with Crippen molar-refractivity contribution in [2.75, 3.05) is 43.6 Å². The van der Waals surface area contributed by atoms with Crippen LogP contribution in [0.15, 0.2) is 79.1 Å². The molecular weight excluding hydrogens is 606 g/mol. The normalized spacial score (nSPS) is 15.5. The van der Waals surface area contributed by atoms with Gasteiger partial charge in [-0.1, -0.05) is 60.7 Å². The van der Waals surface area contributed by atoms with Crippen molar-refractivity contribution in [2.45, 2.75) is 45.4 Å². The lowest BCUT2D eigenvalue weighted by Crippen LogP contribution is -2.47. The molecule has 3 aromatic carbocycles. The predicted octanol–water partition coefficient (Wildman–Crippen LogP) is 5.57. The van der Waals surface area contributed by atoms with E-state index in [1.165, 1.54) is 26.1 Å². The highest BCUT2D eigenvalue weighted by molar-refractivity contribution is 5.97. The third-order valence-electron chi connectivity index (χ3n) is 8.72. The Kier molecular flexibility index (Phi) is 9.71. The highest BCUT2D eigenvalue weighted by Crippen LogP contribution is 2.36. The van der Waals surface area contributed by atoms with Gasteiger partial charge in [-0.15, -0.1) is 0 Å². The monoisotopic (exact) mass is 645 g/mol. The summed E-state index contributed by atoms with van der Waals surface area (Å²) in [5, 5.41) is 12.1. The van der Waals surface area contributed by atoms with Crippen LogP contribution in [0.2, 0.25) is 0 Å². The minimum atomic E-state index is -0.518. The van der Waals surface area contributed by atoms with E-state index in [0.717, 1.165) is 29.1 Å². The van der Waals surface area contributed by atoms with Gasteiger partial charge in [-0.25, -0.2) is 4.79 Å². The molecule has 246 valence electrons. The molecule has 0 spiro atoms. The van der Waals surface area contributed by atoms with E-state index >= 15 is 0 Å². The Morgan fingerprint density at radius 1 is 1.02 bits per heavy atom. The second-order valence-electron chi connectivity index (χ2n) is 12.2. The SMILES string of the molecule is Cc1cccc2cccc(N3CCc4c(nc(OCCC(=O)N(C)C)nc4N4C=CN(C(=O)OCc5ccccc5)[C@@H](CC#N)C4)C3)c12. The van der Waals surface area contributed by atoms with Crippen LogP contribution in [0.3, 0.4) is 0 Å². The minimum Gasteiger partial charge on any atom is -0.463 e. The summed E-state index contributed by atoms with van der Waals surface area (Å²) in [5.74, 6) is 0.613. The van der Waals surface area contributed by atoms with Crippen molar-refractivity contribution < 1.29 is 19.1 Å². The van der Waals surface area contributed by atoms with Gasteiger partial charge in [-0.3, -0.25) is 9.69 Å². The fourth-order valence-corrected chi connectivity index (χ4v) is 6.20. The molecular formula is C37H39N7O4. The Balaban J connectivity index is 1.30. The van der Waals surface area contributed by atoms with Crippen molar-refractivity contribution in [3.8, 4) is 12.1 Å². The summed E-state index contributed by atoms with van der Waals surface area (Å²) in [6, 6.07) is 24.1. The van der Waals surface area contributed by atoms with Crippen molar-refractivity contribution in [1.29, 1.82) is 5.26 Å². The van der Waals surface area contributed by atoms with Crippen LogP contribution in [0.25, 0.3) is 10.8 Å². The first-order valence-electron chi connectivity index (χ1n) is 16.1. The van der Waals surface area contributed by atoms with Gasteiger partial charge >= 0.3 is 12.1 Å². The summed E-state index contributed by atoms with van der Waals surface area (Å²) < 4.78 is 11.6. The van der Waals surface area contributed by atoms with E-state index in [1.807, 2.05) is 35.2 Å². The zero-order valence-electron chi connectivity index (χ0n) is 27.5. The number of amides is 2. The molecule has 0 radical (unpaired) electrons. The van der Waals surface area contributed by atoms with E-state index in [4.69, 9.17) is 19.4 Å². The number of aryl methyl sites for hydroxylation is 1. The highest BCUT2D eigenvalue weighted by atomic mass is 16.6. The Bertz CT molecular complexity index is 1870. The highest BCUT2D eigenvalue weighted by Gasteiger charge is 2.32. The first-order valence-corrected chi connectivity index (χ1v) is 16.1. The molecule has 1 aromatic heterocycles. The number of anilines is 2. The molecule has 4 aromatic rings. The standard InChI is InChI=1S/C37H39N7O4/c1-26-9-7-12-28-13-8-14-32(34(26)28)42-19-16-30-31(24-42)39-36(47-22-17-33(45)41(2)3)40-35(30)43-20-21-44(29(23-43)15-18-38)37(46)48-25-27-10-5-4-6-11-27/h4-14,20-21,29H,15-17,19,22-25H2,1-3H3/t29-/m0/s1. The summed E-state index contributed by atoms with van der Waals surface area (Å²) in [7, 11) is 3.42. The van der Waals surface area contributed by atoms with Gasteiger partial charge in [0, 0.05) is 56.2 Å². The quantitative estimate of drug-likeness (QED) is 0.230. The number of fused-ring (bicyclic) bond motifs is 2. The van der Waals surface area contributed by atoms with Crippen LogP contribution in [0.4, 0.5) is 16.3 Å². The number of hydrogen-bond donors (Lipinski definition) is 0. The van der Waals surface area contributed by atoms with Gasteiger partial charge in [0.2, 0.25) is 5.91 Å². The average Bonchev–Trinajstić information content (AvgIpc) is 3.10. The molecule has 0 saturated carbocycles. The molecule has 0 fully saturated rings. The van der Waals surface area contributed by atoms with Crippen molar-refractivity contribution in [3.05, 3.63) is 102 Å². The predicted molar refractivity (Wildman–Crippen MR) is 183 cm³/mol. The molecule has 11 heteroatoms. The van der Waals surface area contributed by atoms with Crippen molar-refractivity contribution in [2.24, 2.45) is 0 Å². The largest absolute Gasteiger partial charge is 0.463 e. The van der Waals surface area contributed by atoms with Gasteiger partial charge < -0.3 is 24.2 Å². The van der Waals surface area contributed by atoms with Crippen molar-refractivity contribution in [1.82, 2.24) is 19.8 Å². The first-order chi connectivity index (χ1) is 23.3. The second kappa shape index (κ2) is 14.4. The van der Waals surface area contributed by atoms with E-state index in [9.17, 15) is 14.9 Å². The summed E-state index contributed by atoms with van der Waals surface area (Å²) in [6.45, 7) is 4.03. The number of hydrogen-bond acceptors (Lipinski definition) is 9. The van der Waals surface area contributed by atoms with Crippen LogP contribution >= 0.6 is 0 Å². The molecule has 6 rings (SSSR count). The van der Waals surface area contributed by atoms with Gasteiger partial charge in [0.25, 0.3) is 0 Å². The lowest BCUT2D eigenvalue weighted by Gasteiger charge is -2.38. The number of rotatable bonds is 9. The Morgan fingerprint density at radius 2 is 1.81 bits per heavy atom. The second-order valence-corrected chi connectivity index (χ2v) is 12.2. The summed E-state index contributed by atoms with van der Waals surface area (Å²) in [4.78, 5) is 42.4. The molecule has 2 amide bonds. The maximum atomic E-state index is 13.1. The lowest BCUT2D eigenvalue weighted by atomic mass is 9.99. The summed E-state index contributed by atoms with van der Waals surface area (Å²) in [5.41, 5.74) is 5.05. The van der Waals surface area contributed by atoms with Crippen molar-refractivity contribution >= 4 is 34.3 Å². The van der Waals surface area contributed by atoms with Crippen LogP contribution in [0.5, 0.6) is 6.01 Å². The van der Waals surface area contributed by atoms with Crippen LogP contribution in [-0.4, -0.2) is 71.6 Å². The molecule has 0 N–H and O–H groups in total. The van der Waals surface area contributed by atoms with E-state index in [0.29, 0.717) is 25.3 Å². The van der Waals surface area contributed by atoms with Crippen LogP contribution in [0, 0.1) is 18.3 Å². The number of aromatic nitrogens is 2. The molecule has 2 aliphatic rings. The molecule has 1 atom stereocenters. The molecule has 0 unspecified atom stereocenters. The number of nitriles is 1. The van der Waals surface area contributed by atoms with E-state index < -0.39 is 12.1 Å². The fraction of sp³-hybridized carbons (Fsp3) is 0.324. The van der Waals surface area contributed by atoms with Crippen LogP contribution in [0.1, 0.15) is 35.2 Å². The van der Waals surface area contributed by atoms with E-state index in [2.05, 4.69) is 54.3 Å². The number of nitrogens with zero attached hydrogens (tertiary/aromatic N) is 7. The van der Waals surface area contributed by atoms with Gasteiger partial charge in [-0.05, 0) is 35.9 Å². The summed E-state index contributed by atoms with van der Waals surface area (Å²) >= 11 is 0. The first kappa shape index (κ1) is 32.3.